The van der Waals surface area contributed by atoms with Crippen molar-refractivity contribution in [3.63, 3.8) is 0 Å². The Balaban J connectivity index is 1.13. The highest BCUT2D eigenvalue weighted by Crippen LogP contribution is 2.47. The monoisotopic (exact) mass is 521 g/mol. The van der Waals surface area contributed by atoms with Gasteiger partial charge in [0.1, 0.15) is 22.7 Å². The standard InChI is InChI=1S/C30H24FN5O3/c1-36-17-13-25(35-36)19-2-11-24-26(18-19)32-16-12-27(24)39-23-9-7-22(8-10-23)34-29(38)30(14-15-30)28(37)33-21-5-3-20(31)4-6-21/h2-13,16-18H,14-15H2,1H3,(H,33,37)(H,34,38). The number of anilines is 2. The van der Waals surface area contributed by atoms with E-state index < -0.39 is 17.1 Å². The number of nitrogens with one attached hydrogen (secondary N) is 2. The van der Waals surface area contributed by atoms with Gasteiger partial charge in [-0.25, -0.2) is 4.39 Å². The third kappa shape index (κ3) is 4.94. The van der Waals surface area contributed by atoms with E-state index in [-0.39, 0.29) is 5.91 Å². The van der Waals surface area contributed by atoms with E-state index in [0.29, 0.717) is 35.7 Å². The van der Waals surface area contributed by atoms with Crippen molar-refractivity contribution in [1.29, 1.82) is 0 Å². The Labute approximate surface area is 223 Å². The maximum absolute atomic E-state index is 13.1. The predicted octanol–water partition coefficient (Wildman–Crippen LogP) is 5.92. The van der Waals surface area contributed by atoms with E-state index in [4.69, 9.17) is 4.74 Å². The first-order valence-corrected chi connectivity index (χ1v) is 12.4. The molecule has 5 aromatic rings. The lowest BCUT2D eigenvalue weighted by molar-refractivity contribution is -0.131. The number of aromatic nitrogens is 3. The Hall–Kier alpha value is -5.05. The van der Waals surface area contributed by atoms with Crippen LogP contribution in [0.4, 0.5) is 15.8 Å². The highest BCUT2D eigenvalue weighted by atomic mass is 19.1. The number of nitrogens with zero attached hydrogens (tertiary/aromatic N) is 3. The van der Waals surface area contributed by atoms with Crippen LogP contribution in [0.25, 0.3) is 22.2 Å². The molecule has 0 unspecified atom stereocenters. The Kier molecular flexibility index (Phi) is 6.03. The van der Waals surface area contributed by atoms with Crippen LogP contribution in [-0.4, -0.2) is 26.6 Å². The minimum atomic E-state index is -1.13. The molecule has 2 heterocycles. The van der Waals surface area contributed by atoms with E-state index in [0.717, 1.165) is 22.2 Å². The molecule has 8 nitrogen and oxygen atoms in total. The van der Waals surface area contributed by atoms with Crippen molar-refractivity contribution in [3.05, 3.63) is 97.1 Å². The van der Waals surface area contributed by atoms with Crippen molar-refractivity contribution in [2.45, 2.75) is 12.8 Å². The molecule has 2 aromatic heterocycles. The summed E-state index contributed by atoms with van der Waals surface area (Å²) in [6.45, 7) is 0. The van der Waals surface area contributed by atoms with Gasteiger partial charge >= 0.3 is 0 Å². The zero-order valence-corrected chi connectivity index (χ0v) is 21.0. The van der Waals surface area contributed by atoms with E-state index >= 15 is 0 Å². The largest absolute Gasteiger partial charge is 0.457 e. The van der Waals surface area contributed by atoms with Gasteiger partial charge in [-0.05, 0) is 85.6 Å². The summed E-state index contributed by atoms with van der Waals surface area (Å²) in [7, 11) is 1.88. The molecule has 0 bridgehead atoms. The number of hydrogen-bond donors (Lipinski definition) is 2. The second kappa shape index (κ2) is 9.68. The second-order valence-corrected chi connectivity index (χ2v) is 9.54. The van der Waals surface area contributed by atoms with Crippen LogP contribution in [0.2, 0.25) is 0 Å². The van der Waals surface area contributed by atoms with Crippen molar-refractivity contribution in [2.24, 2.45) is 12.5 Å². The van der Waals surface area contributed by atoms with Crippen LogP contribution in [0.15, 0.2) is 91.3 Å². The molecule has 1 fully saturated rings. The molecule has 1 aliphatic carbocycles. The van der Waals surface area contributed by atoms with Gasteiger partial charge in [-0.2, -0.15) is 5.10 Å². The fourth-order valence-corrected chi connectivity index (χ4v) is 4.39. The van der Waals surface area contributed by atoms with E-state index in [1.807, 2.05) is 37.5 Å². The first-order valence-electron chi connectivity index (χ1n) is 12.4. The summed E-state index contributed by atoms with van der Waals surface area (Å²) in [5, 5.41) is 10.8. The van der Waals surface area contributed by atoms with Gasteiger partial charge in [0.05, 0.1) is 11.2 Å². The summed E-state index contributed by atoms with van der Waals surface area (Å²) in [5.74, 6) is 0.0661. The smallest absolute Gasteiger partial charge is 0.240 e. The van der Waals surface area contributed by atoms with Crippen LogP contribution in [0, 0.1) is 11.2 Å². The molecule has 1 saturated carbocycles. The van der Waals surface area contributed by atoms with Gasteiger partial charge in [-0.1, -0.05) is 6.07 Å². The number of carbonyl (C=O) groups is 2. The molecule has 2 amide bonds. The highest BCUT2D eigenvalue weighted by molar-refractivity contribution is 6.16. The van der Waals surface area contributed by atoms with Crippen LogP contribution < -0.4 is 15.4 Å². The lowest BCUT2D eigenvalue weighted by Crippen LogP contribution is -2.35. The number of halogens is 1. The topological polar surface area (TPSA) is 98.1 Å². The quantitative estimate of drug-likeness (QED) is 0.259. The highest BCUT2D eigenvalue weighted by Gasteiger charge is 2.56. The summed E-state index contributed by atoms with van der Waals surface area (Å²) >= 11 is 0. The third-order valence-corrected chi connectivity index (χ3v) is 6.77. The van der Waals surface area contributed by atoms with Gasteiger partial charge in [0.25, 0.3) is 0 Å². The summed E-state index contributed by atoms with van der Waals surface area (Å²) in [6, 6.07) is 22.1. The fraction of sp³-hybridized carbons (Fsp3) is 0.133. The Bertz CT molecular complexity index is 1690. The fourth-order valence-electron chi connectivity index (χ4n) is 4.39. The SMILES string of the molecule is Cn1ccc(-c2ccc3c(Oc4ccc(NC(=O)C5(C(=O)Nc6ccc(F)cc6)CC5)cc4)ccnc3c2)n1. The van der Waals surface area contributed by atoms with E-state index in [1.165, 1.54) is 24.3 Å². The Morgan fingerprint density at radius 3 is 2.18 bits per heavy atom. The minimum absolute atomic E-state index is 0.375. The van der Waals surface area contributed by atoms with Gasteiger partial charge < -0.3 is 15.4 Å². The average Bonchev–Trinajstić information content (AvgIpc) is 3.65. The van der Waals surface area contributed by atoms with Crippen molar-refractivity contribution < 1.29 is 18.7 Å². The molecule has 6 rings (SSSR count). The van der Waals surface area contributed by atoms with Gasteiger partial charge in [0.15, 0.2) is 0 Å². The molecule has 0 aliphatic heterocycles. The molecular formula is C30H24FN5O3. The number of fused-ring (bicyclic) bond motifs is 1. The summed E-state index contributed by atoms with van der Waals surface area (Å²) < 4.78 is 21.0. The zero-order valence-electron chi connectivity index (χ0n) is 21.0. The third-order valence-electron chi connectivity index (χ3n) is 6.77. The second-order valence-electron chi connectivity index (χ2n) is 9.54. The number of rotatable bonds is 7. The zero-order chi connectivity index (χ0) is 27.0. The summed E-state index contributed by atoms with van der Waals surface area (Å²) in [6.07, 6.45) is 4.49. The molecule has 0 atom stereocenters. The van der Waals surface area contributed by atoms with Crippen LogP contribution >= 0.6 is 0 Å². The van der Waals surface area contributed by atoms with Crippen molar-refractivity contribution >= 4 is 34.1 Å². The number of aryl methyl sites for hydroxylation is 1. The number of pyridine rings is 1. The van der Waals surface area contributed by atoms with Crippen LogP contribution in [-0.2, 0) is 16.6 Å². The maximum atomic E-state index is 13.1. The molecule has 0 radical (unpaired) electrons. The van der Waals surface area contributed by atoms with Crippen LogP contribution in [0.5, 0.6) is 11.5 Å². The predicted molar refractivity (Wildman–Crippen MR) is 146 cm³/mol. The van der Waals surface area contributed by atoms with Crippen molar-refractivity contribution in [1.82, 2.24) is 14.8 Å². The number of hydrogen-bond acceptors (Lipinski definition) is 5. The first kappa shape index (κ1) is 24.3. The molecule has 194 valence electrons. The van der Waals surface area contributed by atoms with Gasteiger partial charge in [-0.3, -0.25) is 19.3 Å². The Morgan fingerprint density at radius 1 is 0.897 bits per heavy atom. The Morgan fingerprint density at radius 2 is 1.56 bits per heavy atom. The minimum Gasteiger partial charge on any atom is -0.457 e. The van der Waals surface area contributed by atoms with Crippen molar-refractivity contribution in [2.75, 3.05) is 10.6 Å². The van der Waals surface area contributed by atoms with Crippen LogP contribution in [0.1, 0.15) is 12.8 Å². The molecule has 1 aliphatic rings. The number of ether oxygens (including phenoxy) is 1. The van der Waals surface area contributed by atoms with Crippen LogP contribution in [0.3, 0.4) is 0 Å². The van der Waals surface area contributed by atoms with Gasteiger partial charge in [0, 0.05) is 41.8 Å². The number of carbonyl (C=O) groups excluding carboxylic acids is 2. The molecule has 3 aromatic carbocycles. The van der Waals surface area contributed by atoms with E-state index in [1.54, 1.807) is 41.2 Å². The van der Waals surface area contributed by atoms with E-state index in [2.05, 4.69) is 20.7 Å². The number of amides is 2. The molecule has 39 heavy (non-hydrogen) atoms. The van der Waals surface area contributed by atoms with Gasteiger partial charge in [0.2, 0.25) is 11.8 Å². The van der Waals surface area contributed by atoms with Gasteiger partial charge in [-0.15, -0.1) is 0 Å². The molecular weight excluding hydrogens is 497 g/mol. The summed E-state index contributed by atoms with van der Waals surface area (Å²) in [5.41, 5.74) is 2.48. The maximum Gasteiger partial charge on any atom is 0.240 e. The first-order chi connectivity index (χ1) is 18.9. The van der Waals surface area contributed by atoms with Crippen molar-refractivity contribution in [3.8, 4) is 22.8 Å². The molecule has 0 spiro atoms. The van der Waals surface area contributed by atoms with E-state index in [9.17, 15) is 14.0 Å². The normalized spacial score (nSPS) is 13.6. The molecule has 2 N–H and O–H groups in total. The lowest BCUT2D eigenvalue weighted by Gasteiger charge is -2.16. The average molecular weight is 522 g/mol. The molecule has 9 heteroatoms. The number of benzene rings is 3. The molecule has 0 saturated heterocycles. The lowest BCUT2D eigenvalue weighted by atomic mass is 10.0. The summed E-state index contributed by atoms with van der Waals surface area (Å²) in [4.78, 5) is 30.2.